The van der Waals surface area contributed by atoms with E-state index in [1.165, 1.54) is 25.7 Å². The van der Waals surface area contributed by atoms with Gasteiger partial charge in [0.1, 0.15) is 0 Å². The molecule has 1 heterocycles. The Labute approximate surface area is 110 Å². The maximum Gasteiger partial charge on any atom is 0.0729 e. The van der Waals surface area contributed by atoms with Gasteiger partial charge in [0.25, 0.3) is 0 Å². The van der Waals surface area contributed by atoms with Gasteiger partial charge in [-0.15, -0.1) is 0 Å². The lowest BCUT2D eigenvalue weighted by atomic mass is 9.67. The minimum Gasteiger partial charge on any atom is -0.286 e. The predicted octanol–water partition coefficient (Wildman–Crippen LogP) is 3.56. The molecule has 2 rings (SSSR count). The maximum absolute atomic E-state index is 4.83. The Hall–Kier alpha value is -0.310. The third-order valence-corrected chi connectivity index (χ3v) is 5.22. The fraction of sp³-hybridized carbons (Fsp3) is 0.857. The molecule has 0 spiro atoms. The third-order valence-electron chi connectivity index (χ3n) is 4.68. The standard InChI is InChI=1S/C14H24N2S/c1-13(2,17)14(3)7-5-4-6-11-12(10-14)16-9-8-15-11/h8-9,11-12,17H,4-7,10H2,1-3H3. The fourth-order valence-electron chi connectivity index (χ4n) is 2.94. The zero-order valence-corrected chi connectivity index (χ0v) is 12.1. The molecule has 0 radical (unpaired) electrons. The average Bonchev–Trinajstić information content (AvgIpc) is 2.22. The van der Waals surface area contributed by atoms with Gasteiger partial charge in [-0.3, -0.25) is 9.98 Å². The molecule has 1 fully saturated rings. The second-order valence-corrected chi connectivity index (χ2v) is 7.42. The van der Waals surface area contributed by atoms with E-state index < -0.39 is 0 Å². The lowest BCUT2D eigenvalue weighted by Gasteiger charge is -2.45. The molecule has 1 saturated carbocycles. The van der Waals surface area contributed by atoms with Crippen LogP contribution in [0.3, 0.4) is 0 Å². The predicted molar refractivity (Wildman–Crippen MR) is 78.8 cm³/mol. The van der Waals surface area contributed by atoms with E-state index in [0.29, 0.717) is 12.1 Å². The lowest BCUT2D eigenvalue weighted by molar-refractivity contribution is 0.165. The minimum atomic E-state index is 0.0472. The van der Waals surface area contributed by atoms with E-state index in [9.17, 15) is 0 Å². The summed E-state index contributed by atoms with van der Waals surface area (Å²) in [5.41, 5.74) is 0.254. The Bertz CT molecular complexity index is 330. The molecule has 0 aromatic heterocycles. The van der Waals surface area contributed by atoms with Crippen LogP contribution in [-0.2, 0) is 0 Å². The van der Waals surface area contributed by atoms with Crippen molar-refractivity contribution in [2.24, 2.45) is 15.4 Å². The van der Waals surface area contributed by atoms with Crippen LogP contribution < -0.4 is 0 Å². The Morgan fingerprint density at radius 1 is 1.18 bits per heavy atom. The van der Waals surface area contributed by atoms with E-state index in [1.54, 1.807) is 0 Å². The molecule has 0 N–H and O–H groups in total. The quantitative estimate of drug-likeness (QED) is 0.690. The SMILES string of the molecule is CC(C)(S)C1(C)CCCCC2N=CC=NC2C1. The molecule has 1 aliphatic carbocycles. The third kappa shape index (κ3) is 2.75. The molecule has 2 aliphatic rings. The summed E-state index contributed by atoms with van der Waals surface area (Å²) < 4.78 is 0.0472. The van der Waals surface area contributed by atoms with Crippen molar-refractivity contribution in [1.82, 2.24) is 0 Å². The van der Waals surface area contributed by atoms with Crippen LogP contribution in [0.5, 0.6) is 0 Å². The smallest absolute Gasteiger partial charge is 0.0729 e. The highest BCUT2D eigenvalue weighted by molar-refractivity contribution is 7.81. The van der Waals surface area contributed by atoms with E-state index in [2.05, 4.69) is 30.8 Å². The zero-order valence-electron chi connectivity index (χ0n) is 11.2. The Balaban J connectivity index is 2.20. The van der Waals surface area contributed by atoms with Crippen molar-refractivity contribution in [2.45, 2.75) is 69.7 Å². The molecule has 0 aromatic carbocycles. The van der Waals surface area contributed by atoms with Crippen LogP contribution in [0.4, 0.5) is 0 Å². The van der Waals surface area contributed by atoms with Crippen LogP contribution in [0, 0.1) is 5.41 Å². The second-order valence-electron chi connectivity index (χ2n) is 6.30. The first kappa shape index (κ1) is 13.1. The summed E-state index contributed by atoms with van der Waals surface area (Å²) in [6.45, 7) is 6.85. The van der Waals surface area contributed by atoms with Crippen molar-refractivity contribution in [3.8, 4) is 0 Å². The number of aliphatic imine (C=N–C) groups is 2. The molecule has 2 nitrogen and oxygen atoms in total. The molecule has 0 aromatic rings. The van der Waals surface area contributed by atoms with Gasteiger partial charge in [0.2, 0.25) is 0 Å². The van der Waals surface area contributed by atoms with Crippen molar-refractivity contribution >= 4 is 25.1 Å². The summed E-state index contributed by atoms with van der Waals surface area (Å²) >= 11 is 4.83. The molecule has 0 bridgehead atoms. The molecule has 3 unspecified atom stereocenters. The number of hydrogen-bond acceptors (Lipinski definition) is 3. The van der Waals surface area contributed by atoms with Crippen LogP contribution in [0.15, 0.2) is 9.98 Å². The van der Waals surface area contributed by atoms with Gasteiger partial charge in [0.15, 0.2) is 0 Å². The number of hydrogen-bond donors (Lipinski definition) is 1. The van der Waals surface area contributed by atoms with Gasteiger partial charge in [0.05, 0.1) is 12.1 Å². The first-order valence-electron chi connectivity index (χ1n) is 6.70. The number of rotatable bonds is 1. The summed E-state index contributed by atoms with van der Waals surface area (Å²) in [5, 5.41) is 0. The molecule has 0 amide bonds. The van der Waals surface area contributed by atoms with E-state index in [1.807, 2.05) is 12.4 Å². The van der Waals surface area contributed by atoms with Gasteiger partial charge < -0.3 is 0 Å². The largest absolute Gasteiger partial charge is 0.286 e. The monoisotopic (exact) mass is 252 g/mol. The van der Waals surface area contributed by atoms with Crippen molar-refractivity contribution in [1.29, 1.82) is 0 Å². The molecule has 17 heavy (non-hydrogen) atoms. The number of fused-ring (bicyclic) bond motifs is 1. The first-order valence-corrected chi connectivity index (χ1v) is 7.14. The van der Waals surface area contributed by atoms with E-state index in [-0.39, 0.29) is 10.2 Å². The normalized spacial score (nSPS) is 38.4. The van der Waals surface area contributed by atoms with Crippen molar-refractivity contribution < 1.29 is 0 Å². The van der Waals surface area contributed by atoms with Crippen molar-refractivity contribution in [2.75, 3.05) is 0 Å². The van der Waals surface area contributed by atoms with Crippen LogP contribution in [0.25, 0.3) is 0 Å². The van der Waals surface area contributed by atoms with Crippen molar-refractivity contribution in [3.05, 3.63) is 0 Å². The van der Waals surface area contributed by atoms with E-state index in [0.717, 1.165) is 6.42 Å². The minimum absolute atomic E-state index is 0.0472. The second kappa shape index (κ2) is 4.75. The van der Waals surface area contributed by atoms with Gasteiger partial charge >= 0.3 is 0 Å². The van der Waals surface area contributed by atoms with Gasteiger partial charge in [-0.25, -0.2) is 0 Å². The molecule has 96 valence electrons. The molecule has 3 atom stereocenters. The Morgan fingerprint density at radius 3 is 2.47 bits per heavy atom. The van der Waals surface area contributed by atoms with E-state index in [4.69, 9.17) is 12.6 Å². The van der Waals surface area contributed by atoms with Gasteiger partial charge in [0, 0.05) is 17.2 Å². The first-order chi connectivity index (χ1) is 7.92. The number of thiol groups is 1. The molecular weight excluding hydrogens is 228 g/mol. The van der Waals surface area contributed by atoms with Gasteiger partial charge in [-0.05, 0) is 24.7 Å². The molecular formula is C14H24N2S. The van der Waals surface area contributed by atoms with Crippen LogP contribution in [0.2, 0.25) is 0 Å². The van der Waals surface area contributed by atoms with Crippen LogP contribution in [-0.4, -0.2) is 29.3 Å². The highest BCUT2D eigenvalue weighted by Crippen LogP contribution is 2.46. The van der Waals surface area contributed by atoms with Crippen molar-refractivity contribution in [3.63, 3.8) is 0 Å². The highest BCUT2D eigenvalue weighted by atomic mass is 32.1. The number of nitrogens with zero attached hydrogens (tertiary/aromatic N) is 2. The fourth-order valence-corrected chi connectivity index (χ4v) is 3.14. The molecule has 3 heteroatoms. The van der Waals surface area contributed by atoms with Crippen LogP contribution in [0.1, 0.15) is 52.9 Å². The topological polar surface area (TPSA) is 24.7 Å². The maximum atomic E-state index is 4.83. The zero-order chi connectivity index (χ0) is 12.5. The summed E-state index contributed by atoms with van der Waals surface area (Å²) in [5.74, 6) is 0. The molecule has 0 saturated heterocycles. The van der Waals surface area contributed by atoms with Crippen LogP contribution >= 0.6 is 12.6 Å². The molecule has 1 aliphatic heterocycles. The summed E-state index contributed by atoms with van der Waals surface area (Å²) in [6.07, 6.45) is 9.87. The average molecular weight is 252 g/mol. The summed E-state index contributed by atoms with van der Waals surface area (Å²) in [4.78, 5) is 9.26. The van der Waals surface area contributed by atoms with Gasteiger partial charge in [-0.2, -0.15) is 12.6 Å². The lowest BCUT2D eigenvalue weighted by Crippen LogP contribution is -2.43. The Kier molecular flexibility index (Phi) is 3.67. The highest BCUT2D eigenvalue weighted by Gasteiger charge is 2.42. The Morgan fingerprint density at radius 2 is 1.82 bits per heavy atom. The van der Waals surface area contributed by atoms with Gasteiger partial charge in [-0.1, -0.05) is 33.6 Å². The van der Waals surface area contributed by atoms with E-state index >= 15 is 0 Å². The summed E-state index contributed by atoms with van der Waals surface area (Å²) in [6, 6.07) is 0.784. The summed E-state index contributed by atoms with van der Waals surface area (Å²) in [7, 11) is 0.